The van der Waals surface area contributed by atoms with Crippen molar-refractivity contribution in [3.8, 4) is 22.3 Å². The lowest BCUT2D eigenvalue weighted by Crippen LogP contribution is -2.19. The molecule has 4 aromatic carbocycles. The van der Waals surface area contributed by atoms with Crippen molar-refractivity contribution in [1.82, 2.24) is 9.97 Å². The van der Waals surface area contributed by atoms with E-state index in [0.717, 1.165) is 24.5 Å². The molecule has 2 aromatic heterocycles. The highest BCUT2D eigenvalue weighted by Gasteiger charge is 2.41. The Morgan fingerprint density at radius 2 is 0.966 bits per heavy atom. The third kappa shape index (κ3) is 10.2. The predicted octanol–water partition coefficient (Wildman–Crippen LogP) is 12.0. The summed E-state index contributed by atoms with van der Waals surface area (Å²) in [5, 5.41) is 4.52. The van der Waals surface area contributed by atoms with Crippen LogP contribution in [0.5, 0.6) is 0 Å². The Morgan fingerprint density at radius 3 is 1.40 bits per heavy atom. The molecule has 0 aliphatic heterocycles. The molecule has 6 aromatic rings. The van der Waals surface area contributed by atoms with Gasteiger partial charge in [0.2, 0.25) is 5.76 Å². The molecule has 2 N–H and O–H groups in total. The Kier molecular flexibility index (Phi) is 12.0. The average Bonchev–Trinajstić information content (AvgIpc) is 3.57. The number of oxazole rings is 1. The summed E-state index contributed by atoms with van der Waals surface area (Å²) in [5.74, 6) is -4.05. The highest BCUT2D eigenvalue weighted by atomic mass is 19.4. The van der Waals surface area contributed by atoms with Crippen molar-refractivity contribution >= 4 is 23.2 Å². The monoisotopic (exact) mass is 824 g/mol. The Morgan fingerprint density at radius 1 is 0.534 bits per heavy atom. The lowest BCUT2D eigenvalue weighted by molar-refractivity contribution is -0.153. The summed E-state index contributed by atoms with van der Waals surface area (Å²) >= 11 is 0. The van der Waals surface area contributed by atoms with Crippen molar-refractivity contribution in [2.45, 2.75) is 31.6 Å². The van der Waals surface area contributed by atoms with E-state index in [0.29, 0.717) is 6.07 Å². The molecule has 0 bridgehead atoms. The van der Waals surface area contributed by atoms with Gasteiger partial charge >= 0.3 is 24.7 Å². The van der Waals surface area contributed by atoms with E-state index in [1.807, 2.05) is 0 Å². The molecular weight excluding hydrogens is 800 g/mol. The van der Waals surface area contributed by atoms with Crippen LogP contribution in [0, 0.1) is 6.92 Å². The average molecular weight is 825 g/mol. The standard InChI is InChI=1S/C20H12F6N2O.C19H12F6N2O2/c21-19(22,23)16-4-2-1-3-14(16)12-5-7-13(8-6-12)28-18(29)15-11-27-10-9-17(15)20(24,25)26;1-10-26-15(16(29-10)19(23,24)25)17(28)27-12-8-6-11(7-9-12)13-4-2-3-5-14(13)18(20,21)22/h1-11H,(H,28,29);2-9H,1H3,(H,27,28). The fraction of sp³-hybridized carbons (Fsp3) is 0.128. The maximum atomic E-state index is 13.2. The minimum atomic E-state index is -4.90. The van der Waals surface area contributed by atoms with Gasteiger partial charge in [0.25, 0.3) is 11.8 Å². The first-order valence-corrected chi connectivity index (χ1v) is 16.3. The number of aryl methyl sites for hydroxylation is 1. The molecule has 58 heavy (non-hydrogen) atoms. The molecule has 7 nitrogen and oxygen atoms in total. The molecule has 0 saturated carbocycles. The highest BCUT2D eigenvalue weighted by Crippen LogP contribution is 2.39. The minimum absolute atomic E-state index is 0.0514. The van der Waals surface area contributed by atoms with Crippen LogP contribution in [0.2, 0.25) is 0 Å². The SMILES string of the molecule is Cc1nc(C(=O)Nc2ccc(-c3ccccc3C(F)(F)F)cc2)c(C(F)(F)F)o1.O=C(Nc1ccc(-c2ccccc2C(F)(F)F)cc1)c1cnccc1C(F)(F)F. The molecular formula is C39H24F12N4O3. The van der Waals surface area contributed by atoms with E-state index in [2.05, 4.69) is 25.0 Å². The van der Waals surface area contributed by atoms with Crippen molar-refractivity contribution < 1.29 is 66.7 Å². The van der Waals surface area contributed by atoms with Gasteiger partial charge in [0.1, 0.15) is 0 Å². The quantitative estimate of drug-likeness (QED) is 0.163. The number of carbonyl (C=O) groups is 2. The molecule has 0 unspecified atom stereocenters. The van der Waals surface area contributed by atoms with Crippen LogP contribution in [0.3, 0.4) is 0 Å². The van der Waals surface area contributed by atoms with Gasteiger partial charge in [0.15, 0.2) is 11.6 Å². The van der Waals surface area contributed by atoms with Crippen LogP contribution in [0.4, 0.5) is 64.1 Å². The lowest BCUT2D eigenvalue weighted by atomic mass is 9.99. The van der Waals surface area contributed by atoms with Crippen LogP contribution in [-0.2, 0) is 24.7 Å². The van der Waals surface area contributed by atoms with E-state index in [4.69, 9.17) is 0 Å². The zero-order valence-corrected chi connectivity index (χ0v) is 29.1. The first-order chi connectivity index (χ1) is 27.0. The van der Waals surface area contributed by atoms with Crippen LogP contribution in [-0.4, -0.2) is 21.8 Å². The van der Waals surface area contributed by atoms with E-state index in [-0.39, 0.29) is 39.5 Å². The van der Waals surface area contributed by atoms with Gasteiger partial charge < -0.3 is 15.1 Å². The summed E-state index contributed by atoms with van der Waals surface area (Å²) in [5.41, 5.74) is -3.82. The van der Waals surface area contributed by atoms with Crippen LogP contribution < -0.4 is 10.6 Å². The maximum absolute atomic E-state index is 13.2. The molecule has 2 amide bonds. The van der Waals surface area contributed by atoms with Gasteiger partial charge in [-0.1, -0.05) is 60.7 Å². The third-order valence-corrected chi connectivity index (χ3v) is 7.95. The second-order valence-corrected chi connectivity index (χ2v) is 12.0. The summed E-state index contributed by atoms with van der Waals surface area (Å²) in [4.78, 5) is 31.4. The van der Waals surface area contributed by atoms with Crippen molar-refractivity contribution in [2.75, 3.05) is 10.6 Å². The van der Waals surface area contributed by atoms with Gasteiger partial charge in [-0.15, -0.1) is 0 Å². The number of nitrogens with one attached hydrogen (secondary N) is 2. The van der Waals surface area contributed by atoms with Gasteiger partial charge in [0, 0.05) is 30.7 Å². The fourth-order valence-electron chi connectivity index (χ4n) is 5.41. The number of aromatic nitrogens is 2. The molecule has 0 fully saturated rings. The molecule has 0 aliphatic rings. The summed E-state index contributed by atoms with van der Waals surface area (Å²) in [6.45, 7) is 1.17. The number of rotatable bonds is 6. The molecule has 19 heteroatoms. The third-order valence-electron chi connectivity index (χ3n) is 7.95. The Bertz CT molecular complexity index is 2400. The number of amides is 2. The summed E-state index contributed by atoms with van der Waals surface area (Å²) < 4.78 is 161. The van der Waals surface area contributed by atoms with Crippen molar-refractivity contribution in [2.24, 2.45) is 0 Å². The largest absolute Gasteiger partial charge is 0.452 e. The molecule has 0 aliphatic carbocycles. The number of anilines is 2. The fourth-order valence-corrected chi connectivity index (χ4v) is 5.41. The van der Waals surface area contributed by atoms with Crippen molar-refractivity contribution in [1.29, 1.82) is 0 Å². The molecule has 0 spiro atoms. The number of pyridine rings is 1. The van der Waals surface area contributed by atoms with Gasteiger partial charge in [-0.25, -0.2) is 4.98 Å². The number of hydrogen-bond acceptors (Lipinski definition) is 5. The van der Waals surface area contributed by atoms with E-state index < -0.39 is 70.2 Å². The van der Waals surface area contributed by atoms with Crippen molar-refractivity contribution in [3.63, 3.8) is 0 Å². The number of carbonyl (C=O) groups excluding carboxylic acids is 2. The Balaban J connectivity index is 0.000000221. The van der Waals surface area contributed by atoms with E-state index in [1.54, 1.807) is 0 Å². The van der Waals surface area contributed by atoms with Crippen LogP contribution in [0.15, 0.2) is 120 Å². The number of hydrogen-bond donors (Lipinski definition) is 2. The molecule has 302 valence electrons. The van der Waals surface area contributed by atoms with E-state index >= 15 is 0 Å². The topological polar surface area (TPSA) is 97.1 Å². The normalized spacial score (nSPS) is 12.0. The highest BCUT2D eigenvalue weighted by molar-refractivity contribution is 6.05. The predicted molar refractivity (Wildman–Crippen MR) is 185 cm³/mol. The van der Waals surface area contributed by atoms with Crippen molar-refractivity contribution in [3.05, 3.63) is 155 Å². The summed E-state index contributed by atoms with van der Waals surface area (Å²) in [7, 11) is 0. The first kappa shape index (κ1) is 42.5. The smallest absolute Gasteiger partial charge is 0.436 e. The zero-order chi connectivity index (χ0) is 42.6. The second kappa shape index (κ2) is 16.4. The van der Waals surface area contributed by atoms with Crippen LogP contribution in [0.25, 0.3) is 22.3 Å². The first-order valence-electron chi connectivity index (χ1n) is 16.3. The summed E-state index contributed by atoms with van der Waals surface area (Å²) in [6.07, 6.45) is -17.0. The maximum Gasteiger partial charge on any atom is 0.452 e. The number of alkyl halides is 12. The number of halogens is 12. The van der Waals surface area contributed by atoms with Gasteiger partial charge in [-0.2, -0.15) is 52.7 Å². The minimum Gasteiger partial charge on any atom is -0.436 e. The van der Waals surface area contributed by atoms with Gasteiger partial charge in [-0.05, 0) is 64.7 Å². The zero-order valence-electron chi connectivity index (χ0n) is 29.1. The number of nitrogens with zero attached hydrogens (tertiary/aromatic N) is 2. The van der Waals surface area contributed by atoms with Gasteiger partial charge in [-0.3, -0.25) is 14.6 Å². The lowest BCUT2D eigenvalue weighted by Gasteiger charge is -2.14. The molecule has 0 radical (unpaired) electrons. The van der Waals surface area contributed by atoms with E-state index in [9.17, 15) is 62.3 Å². The van der Waals surface area contributed by atoms with Gasteiger partial charge in [0.05, 0.1) is 22.3 Å². The van der Waals surface area contributed by atoms with Crippen LogP contribution in [0.1, 0.15) is 49.2 Å². The summed E-state index contributed by atoms with van der Waals surface area (Å²) in [6, 6.07) is 21.1. The number of benzene rings is 4. The van der Waals surface area contributed by atoms with Crippen LogP contribution >= 0.6 is 0 Å². The molecule has 0 saturated heterocycles. The Hall–Kier alpha value is -6.66. The Labute approximate surface area is 319 Å². The molecule has 2 heterocycles. The second-order valence-electron chi connectivity index (χ2n) is 12.0. The van der Waals surface area contributed by atoms with E-state index in [1.165, 1.54) is 91.9 Å². The molecule has 6 rings (SSSR count). The molecule has 0 atom stereocenters.